The van der Waals surface area contributed by atoms with Crippen molar-refractivity contribution in [3.8, 4) is 0 Å². The molecule has 1 aliphatic heterocycles. The van der Waals surface area contributed by atoms with E-state index in [1.165, 1.54) is 0 Å². The summed E-state index contributed by atoms with van der Waals surface area (Å²) in [6, 6.07) is 0. The SMILES string of the molecule is C=C[C@]1(C)OCC[C@@H]1O.CC. The molecule has 11 heavy (non-hydrogen) atoms. The lowest BCUT2D eigenvalue weighted by Gasteiger charge is -2.21. The first-order chi connectivity index (χ1) is 5.19. The Balaban J connectivity index is 0.000000461. The minimum atomic E-state index is -0.486. The maximum atomic E-state index is 9.25. The van der Waals surface area contributed by atoms with Gasteiger partial charge in [0, 0.05) is 0 Å². The van der Waals surface area contributed by atoms with Crippen molar-refractivity contribution in [3.63, 3.8) is 0 Å². The van der Waals surface area contributed by atoms with E-state index < -0.39 is 5.60 Å². The zero-order chi connectivity index (χ0) is 8.91. The standard InChI is InChI=1S/C7H12O2.C2H6/c1-3-7(2)6(8)4-5-9-7;1-2/h3,6,8H,1,4-5H2,2H3;1-2H3/t6-,7-;/m0./s1. The van der Waals surface area contributed by atoms with E-state index in [4.69, 9.17) is 4.74 Å². The third kappa shape index (κ3) is 2.31. The highest BCUT2D eigenvalue weighted by Crippen LogP contribution is 2.25. The van der Waals surface area contributed by atoms with E-state index in [1.807, 2.05) is 20.8 Å². The molecule has 0 aromatic heterocycles. The summed E-state index contributed by atoms with van der Waals surface area (Å²) in [7, 11) is 0. The molecule has 0 saturated carbocycles. The topological polar surface area (TPSA) is 29.5 Å². The predicted octanol–water partition coefficient (Wildman–Crippen LogP) is 1.74. The summed E-state index contributed by atoms with van der Waals surface area (Å²) in [5.74, 6) is 0. The van der Waals surface area contributed by atoms with E-state index >= 15 is 0 Å². The van der Waals surface area contributed by atoms with E-state index in [0.29, 0.717) is 6.61 Å². The van der Waals surface area contributed by atoms with Gasteiger partial charge in [-0.25, -0.2) is 0 Å². The Morgan fingerprint density at radius 3 is 2.36 bits per heavy atom. The lowest BCUT2D eigenvalue weighted by molar-refractivity contribution is -0.00552. The lowest BCUT2D eigenvalue weighted by Crippen LogP contribution is -2.32. The Morgan fingerprint density at radius 1 is 1.64 bits per heavy atom. The number of rotatable bonds is 1. The number of hydrogen-bond acceptors (Lipinski definition) is 2. The van der Waals surface area contributed by atoms with Gasteiger partial charge in [-0.1, -0.05) is 19.9 Å². The molecule has 0 amide bonds. The molecule has 0 aliphatic carbocycles. The van der Waals surface area contributed by atoms with Crippen molar-refractivity contribution in [2.45, 2.75) is 38.9 Å². The van der Waals surface area contributed by atoms with Gasteiger partial charge in [0.05, 0.1) is 12.7 Å². The van der Waals surface area contributed by atoms with E-state index in [-0.39, 0.29) is 6.10 Å². The van der Waals surface area contributed by atoms with Gasteiger partial charge in [0.15, 0.2) is 0 Å². The van der Waals surface area contributed by atoms with Gasteiger partial charge in [-0.05, 0) is 13.3 Å². The second kappa shape index (κ2) is 4.52. The molecule has 0 spiro atoms. The zero-order valence-electron chi connectivity index (χ0n) is 7.63. The normalized spacial score (nSPS) is 35.8. The Morgan fingerprint density at radius 2 is 2.18 bits per heavy atom. The molecule has 0 aromatic rings. The third-order valence-corrected chi connectivity index (χ3v) is 1.87. The van der Waals surface area contributed by atoms with Crippen LogP contribution in [0.15, 0.2) is 12.7 Å². The number of aliphatic hydroxyl groups excluding tert-OH is 1. The van der Waals surface area contributed by atoms with Crippen LogP contribution < -0.4 is 0 Å². The highest BCUT2D eigenvalue weighted by Gasteiger charge is 2.35. The van der Waals surface area contributed by atoms with Crippen molar-refractivity contribution in [2.75, 3.05) is 6.61 Å². The first kappa shape index (κ1) is 10.7. The van der Waals surface area contributed by atoms with Crippen LogP contribution in [-0.2, 0) is 4.74 Å². The van der Waals surface area contributed by atoms with Gasteiger partial charge in [0.25, 0.3) is 0 Å². The van der Waals surface area contributed by atoms with Gasteiger partial charge in [0.1, 0.15) is 5.60 Å². The van der Waals surface area contributed by atoms with Crippen molar-refractivity contribution in [2.24, 2.45) is 0 Å². The zero-order valence-corrected chi connectivity index (χ0v) is 7.63. The minimum absolute atomic E-state index is 0.366. The Kier molecular flexibility index (Phi) is 4.38. The largest absolute Gasteiger partial charge is 0.390 e. The fourth-order valence-corrected chi connectivity index (χ4v) is 0.968. The number of hydrogen-bond donors (Lipinski definition) is 1. The second-order valence-corrected chi connectivity index (χ2v) is 2.54. The Bertz CT molecular complexity index is 123. The minimum Gasteiger partial charge on any atom is -0.390 e. The maximum absolute atomic E-state index is 9.25. The van der Waals surface area contributed by atoms with Crippen LogP contribution in [0.2, 0.25) is 0 Å². The van der Waals surface area contributed by atoms with Crippen LogP contribution in [0.4, 0.5) is 0 Å². The molecule has 1 fully saturated rings. The van der Waals surface area contributed by atoms with Crippen molar-refractivity contribution >= 4 is 0 Å². The van der Waals surface area contributed by atoms with E-state index in [9.17, 15) is 5.11 Å². The van der Waals surface area contributed by atoms with Gasteiger partial charge in [-0.3, -0.25) is 0 Å². The molecule has 0 aromatic carbocycles. The fraction of sp³-hybridized carbons (Fsp3) is 0.778. The van der Waals surface area contributed by atoms with Gasteiger partial charge in [-0.2, -0.15) is 0 Å². The monoisotopic (exact) mass is 158 g/mol. The average molecular weight is 158 g/mol. The smallest absolute Gasteiger partial charge is 0.109 e. The second-order valence-electron chi connectivity index (χ2n) is 2.54. The van der Waals surface area contributed by atoms with Crippen LogP contribution >= 0.6 is 0 Å². The Labute approximate surface area is 68.9 Å². The van der Waals surface area contributed by atoms with Gasteiger partial charge >= 0.3 is 0 Å². The summed E-state index contributed by atoms with van der Waals surface area (Å²) in [4.78, 5) is 0. The van der Waals surface area contributed by atoms with Gasteiger partial charge < -0.3 is 9.84 Å². The third-order valence-electron chi connectivity index (χ3n) is 1.87. The summed E-state index contributed by atoms with van der Waals surface area (Å²) in [6.07, 6.45) is 2.02. The lowest BCUT2D eigenvalue weighted by atomic mass is 10.0. The van der Waals surface area contributed by atoms with E-state index in [1.54, 1.807) is 6.08 Å². The summed E-state index contributed by atoms with van der Waals surface area (Å²) >= 11 is 0. The van der Waals surface area contributed by atoms with E-state index in [2.05, 4.69) is 6.58 Å². The maximum Gasteiger partial charge on any atom is 0.109 e. The van der Waals surface area contributed by atoms with Crippen molar-refractivity contribution in [1.82, 2.24) is 0 Å². The molecular weight excluding hydrogens is 140 g/mol. The van der Waals surface area contributed by atoms with Crippen LogP contribution in [0.3, 0.4) is 0 Å². The molecule has 2 nitrogen and oxygen atoms in total. The number of ether oxygens (including phenoxy) is 1. The van der Waals surface area contributed by atoms with Crippen LogP contribution in [0.1, 0.15) is 27.2 Å². The van der Waals surface area contributed by atoms with Gasteiger partial charge in [0.2, 0.25) is 0 Å². The fourth-order valence-electron chi connectivity index (χ4n) is 0.968. The molecule has 1 N–H and O–H groups in total. The summed E-state index contributed by atoms with van der Waals surface area (Å²) in [6.45, 7) is 10.1. The van der Waals surface area contributed by atoms with Crippen molar-refractivity contribution < 1.29 is 9.84 Å². The average Bonchev–Trinajstić information content (AvgIpc) is 2.38. The van der Waals surface area contributed by atoms with Crippen molar-refractivity contribution in [1.29, 1.82) is 0 Å². The molecule has 0 unspecified atom stereocenters. The van der Waals surface area contributed by atoms with Crippen LogP contribution in [0.5, 0.6) is 0 Å². The molecule has 0 bridgehead atoms. The van der Waals surface area contributed by atoms with E-state index in [0.717, 1.165) is 6.42 Å². The van der Waals surface area contributed by atoms with Gasteiger partial charge in [-0.15, -0.1) is 6.58 Å². The predicted molar refractivity (Wildman–Crippen MR) is 46.5 cm³/mol. The molecule has 0 radical (unpaired) electrons. The summed E-state index contributed by atoms with van der Waals surface area (Å²) in [5.41, 5.74) is -0.486. The Hall–Kier alpha value is -0.340. The number of aliphatic hydroxyl groups is 1. The first-order valence-electron chi connectivity index (χ1n) is 4.14. The quantitative estimate of drug-likeness (QED) is 0.589. The summed E-state index contributed by atoms with van der Waals surface area (Å²) in [5, 5.41) is 9.25. The molecule has 2 atom stereocenters. The highest BCUT2D eigenvalue weighted by molar-refractivity contribution is 5.02. The molecule has 2 heteroatoms. The highest BCUT2D eigenvalue weighted by atomic mass is 16.5. The first-order valence-corrected chi connectivity index (χ1v) is 4.14. The van der Waals surface area contributed by atoms with Crippen molar-refractivity contribution in [3.05, 3.63) is 12.7 Å². The summed E-state index contributed by atoms with van der Waals surface area (Å²) < 4.78 is 5.23. The van der Waals surface area contributed by atoms with Crippen LogP contribution in [0, 0.1) is 0 Å². The molecule has 1 heterocycles. The molecular formula is C9H18O2. The molecule has 66 valence electrons. The molecule has 1 rings (SSSR count). The van der Waals surface area contributed by atoms with Crippen LogP contribution in [0.25, 0.3) is 0 Å². The molecule has 1 saturated heterocycles. The van der Waals surface area contributed by atoms with Crippen LogP contribution in [-0.4, -0.2) is 23.4 Å². The molecule has 1 aliphatic rings.